The monoisotopic (exact) mass is 299 g/mol. The van der Waals surface area contributed by atoms with Gasteiger partial charge in [-0.25, -0.2) is 13.1 Å². The predicted octanol–water partition coefficient (Wildman–Crippen LogP) is 1.63. The second-order valence-electron chi connectivity index (χ2n) is 5.15. The van der Waals surface area contributed by atoms with Crippen molar-refractivity contribution in [2.45, 2.75) is 25.7 Å². The quantitative estimate of drug-likeness (QED) is 0.681. The Kier molecular flexibility index (Phi) is 6.45. The Labute approximate surface area is 122 Å². The number of anilines is 1. The third-order valence-electron chi connectivity index (χ3n) is 3.31. The highest BCUT2D eigenvalue weighted by Gasteiger charge is 2.13. The van der Waals surface area contributed by atoms with Gasteiger partial charge in [0.15, 0.2) is 0 Å². The van der Waals surface area contributed by atoms with Gasteiger partial charge in [0, 0.05) is 18.8 Å². The summed E-state index contributed by atoms with van der Waals surface area (Å²) in [5, 5.41) is 3.29. The Morgan fingerprint density at radius 1 is 1.20 bits per heavy atom. The van der Waals surface area contributed by atoms with Gasteiger partial charge in [-0.2, -0.15) is 0 Å². The third-order valence-corrected chi connectivity index (χ3v) is 4.87. The highest BCUT2D eigenvalue weighted by atomic mass is 32.2. The fraction of sp³-hybridized carbons (Fsp3) is 0.571. The van der Waals surface area contributed by atoms with Crippen LogP contribution in [0.2, 0.25) is 0 Å². The Morgan fingerprint density at radius 2 is 1.80 bits per heavy atom. The molecular weight excluding hydrogens is 274 g/mol. The third kappa shape index (κ3) is 4.77. The van der Waals surface area contributed by atoms with Crippen molar-refractivity contribution in [2.75, 3.05) is 25.0 Å². The van der Waals surface area contributed by atoms with Crippen LogP contribution in [0.1, 0.15) is 20.8 Å². The molecule has 0 amide bonds. The number of sulfonamides is 1. The molecule has 0 aliphatic carbocycles. The number of nitrogens with one attached hydrogen (secondary N) is 2. The Balaban J connectivity index is 2.68. The van der Waals surface area contributed by atoms with Gasteiger partial charge in [0.2, 0.25) is 10.0 Å². The van der Waals surface area contributed by atoms with Crippen LogP contribution in [0, 0.1) is 11.8 Å². The molecule has 20 heavy (non-hydrogen) atoms. The molecule has 0 saturated heterocycles. The smallest absolute Gasteiger partial charge is 0.240 e. The van der Waals surface area contributed by atoms with Gasteiger partial charge < -0.3 is 11.1 Å². The van der Waals surface area contributed by atoms with Crippen LogP contribution in [-0.2, 0) is 10.0 Å². The van der Waals surface area contributed by atoms with Gasteiger partial charge in [-0.1, -0.05) is 20.8 Å². The summed E-state index contributed by atoms with van der Waals surface area (Å²) >= 11 is 0. The van der Waals surface area contributed by atoms with Crippen molar-refractivity contribution in [3.05, 3.63) is 24.3 Å². The summed E-state index contributed by atoms with van der Waals surface area (Å²) < 4.78 is 26.1. The van der Waals surface area contributed by atoms with E-state index in [1.165, 1.54) is 0 Å². The fourth-order valence-electron chi connectivity index (χ4n) is 1.87. The summed E-state index contributed by atoms with van der Waals surface area (Å²) in [5.41, 5.74) is 6.63. The van der Waals surface area contributed by atoms with Gasteiger partial charge in [0.1, 0.15) is 0 Å². The van der Waals surface area contributed by atoms with E-state index in [0.29, 0.717) is 24.9 Å². The summed E-state index contributed by atoms with van der Waals surface area (Å²) in [6.07, 6.45) is 0. The number of benzene rings is 1. The topological polar surface area (TPSA) is 84.2 Å². The van der Waals surface area contributed by atoms with Gasteiger partial charge in [-0.15, -0.1) is 0 Å². The zero-order valence-electron chi connectivity index (χ0n) is 12.4. The summed E-state index contributed by atoms with van der Waals surface area (Å²) in [5.74, 6) is 0.918. The van der Waals surface area contributed by atoms with E-state index >= 15 is 0 Å². The molecule has 114 valence electrons. The van der Waals surface area contributed by atoms with Crippen LogP contribution in [-0.4, -0.2) is 28.1 Å². The van der Waals surface area contributed by atoms with Crippen molar-refractivity contribution < 1.29 is 8.42 Å². The van der Waals surface area contributed by atoms with Crippen LogP contribution in [0.3, 0.4) is 0 Å². The number of nitrogens with two attached hydrogens (primary N) is 1. The molecule has 1 atom stereocenters. The maximum absolute atomic E-state index is 11.8. The summed E-state index contributed by atoms with van der Waals surface area (Å²) in [6, 6.07) is 6.76. The molecule has 1 rings (SSSR count). The highest BCUT2D eigenvalue weighted by molar-refractivity contribution is 7.89. The number of hydrogen-bond donors (Lipinski definition) is 3. The minimum atomic E-state index is -3.37. The molecule has 1 aromatic rings. The molecule has 0 aliphatic rings. The largest absolute Gasteiger partial charge is 0.385 e. The first-order chi connectivity index (χ1) is 9.40. The van der Waals surface area contributed by atoms with Crippen molar-refractivity contribution in [1.82, 2.24) is 4.72 Å². The minimum Gasteiger partial charge on any atom is -0.385 e. The first-order valence-corrected chi connectivity index (χ1v) is 8.42. The Hall–Kier alpha value is -1.11. The summed E-state index contributed by atoms with van der Waals surface area (Å²) in [7, 11) is -3.37. The van der Waals surface area contributed by atoms with Gasteiger partial charge in [-0.05, 0) is 42.6 Å². The molecule has 0 spiro atoms. The highest BCUT2D eigenvalue weighted by Crippen LogP contribution is 2.16. The molecule has 0 radical (unpaired) electrons. The zero-order valence-corrected chi connectivity index (χ0v) is 13.2. The van der Waals surface area contributed by atoms with Crippen molar-refractivity contribution in [1.29, 1.82) is 0 Å². The molecular formula is C14H25N3O2S. The van der Waals surface area contributed by atoms with Crippen molar-refractivity contribution in [3.8, 4) is 0 Å². The van der Waals surface area contributed by atoms with E-state index in [1.54, 1.807) is 31.2 Å². The minimum absolute atomic E-state index is 0.282. The lowest BCUT2D eigenvalue weighted by molar-refractivity contribution is 0.413. The summed E-state index contributed by atoms with van der Waals surface area (Å²) in [6.45, 7) is 7.85. The Morgan fingerprint density at radius 3 is 2.25 bits per heavy atom. The lowest BCUT2D eigenvalue weighted by Gasteiger charge is -2.20. The van der Waals surface area contributed by atoms with Crippen LogP contribution in [0.5, 0.6) is 0 Å². The molecule has 1 aromatic carbocycles. The second kappa shape index (κ2) is 7.61. The van der Waals surface area contributed by atoms with Crippen LogP contribution >= 0.6 is 0 Å². The van der Waals surface area contributed by atoms with Gasteiger partial charge in [-0.3, -0.25) is 0 Å². The number of rotatable bonds is 8. The molecule has 1 unspecified atom stereocenters. The average Bonchev–Trinajstić information content (AvgIpc) is 2.39. The maximum Gasteiger partial charge on any atom is 0.240 e. The predicted molar refractivity (Wildman–Crippen MR) is 83.2 cm³/mol. The molecule has 0 bridgehead atoms. The van der Waals surface area contributed by atoms with Gasteiger partial charge >= 0.3 is 0 Å². The van der Waals surface area contributed by atoms with E-state index in [9.17, 15) is 8.42 Å². The van der Waals surface area contributed by atoms with E-state index in [-0.39, 0.29) is 4.90 Å². The zero-order chi connectivity index (χ0) is 15.2. The molecule has 0 aliphatic heterocycles. The SMILES string of the molecule is CCNS(=O)(=O)c1ccc(NCC(CN)C(C)C)cc1. The first kappa shape index (κ1) is 16.9. The van der Waals surface area contributed by atoms with Crippen molar-refractivity contribution in [2.24, 2.45) is 17.6 Å². The second-order valence-corrected chi connectivity index (χ2v) is 6.91. The van der Waals surface area contributed by atoms with Crippen LogP contribution < -0.4 is 15.8 Å². The normalized spacial score (nSPS) is 13.4. The van der Waals surface area contributed by atoms with Crippen LogP contribution in [0.25, 0.3) is 0 Å². The van der Waals surface area contributed by atoms with Crippen LogP contribution in [0.4, 0.5) is 5.69 Å². The first-order valence-electron chi connectivity index (χ1n) is 6.94. The van der Waals surface area contributed by atoms with Gasteiger partial charge in [0.25, 0.3) is 0 Å². The van der Waals surface area contributed by atoms with E-state index in [0.717, 1.165) is 12.2 Å². The lowest BCUT2D eigenvalue weighted by Crippen LogP contribution is -2.27. The lowest BCUT2D eigenvalue weighted by atomic mass is 9.96. The average molecular weight is 299 g/mol. The van der Waals surface area contributed by atoms with Crippen molar-refractivity contribution in [3.63, 3.8) is 0 Å². The van der Waals surface area contributed by atoms with E-state index in [4.69, 9.17) is 5.73 Å². The van der Waals surface area contributed by atoms with E-state index in [2.05, 4.69) is 23.9 Å². The van der Waals surface area contributed by atoms with E-state index < -0.39 is 10.0 Å². The standard InChI is InChI=1S/C14H25N3O2S/c1-4-17-20(18,19)14-7-5-13(6-8-14)16-10-12(9-15)11(2)3/h5-8,11-12,16-17H,4,9-10,15H2,1-3H3. The number of hydrogen-bond acceptors (Lipinski definition) is 4. The van der Waals surface area contributed by atoms with Gasteiger partial charge in [0.05, 0.1) is 4.90 Å². The summed E-state index contributed by atoms with van der Waals surface area (Å²) in [4.78, 5) is 0.282. The van der Waals surface area contributed by atoms with Crippen molar-refractivity contribution >= 4 is 15.7 Å². The molecule has 4 N–H and O–H groups in total. The van der Waals surface area contributed by atoms with E-state index in [1.807, 2.05) is 0 Å². The van der Waals surface area contributed by atoms with Crippen LogP contribution in [0.15, 0.2) is 29.2 Å². The Bertz CT molecular complexity index is 498. The molecule has 0 saturated carbocycles. The fourth-order valence-corrected chi connectivity index (χ4v) is 2.91. The maximum atomic E-state index is 11.8. The molecule has 6 heteroatoms. The molecule has 0 heterocycles. The molecule has 5 nitrogen and oxygen atoms in total. The molecule has 0 aromatic heterocycles. The molecule has 0 fully saturated rings.